The zero-order valence-corrected chi connectivity index (χ0v) is 18.2. The molecule has 3 aromatic heterocycles. The fraction of sp³-hybridized carbons (Fsp3) is 0.250. The highest BCUT2D eigenvalue weighted by molar-refractivity contribution is 5.93. The average molecular weight is 445 g/mol. The number of benzene rings is 1. The van der Waals surface area contributed by atoms with E-state index in [-0.39, 0.29) is 11.6 Å². The van der Waals surface area contributed by atoms with Crippen molar-refractivity contribution < 1.29 is 18.5 Å². The number of piperazine rings is 1. The van der Waals surface area contributed by atoms with Gasteiger partial charge >= 0.3 is 0 Å². The SMILES string of the molecule is CCOc1ccc(-c2ccc(N3CCN(C(=O)c4cc(-c5ccco5)on4)CC3)nn2)cc1. The number of anilines is 1. The zero-order valence-electron chi connectivity index (χ0n) is 18.2. The Bertz CT molecular complexity index is 1190. The number of carbonyl (C=O) groups is 1. The number of rotatable bonds is 6. The lowest BCUT2D eigenvalue weighted by Crippen LogP contribution is -2.49. The summed E-state index contributed by atoms with van der Waals surface area (Å²) in [6, 6.07) is 16.8. The highest BCUT2D eigenvalue weighted by atomic mass is 16.5. The summed E-state index contributed by atoms with van der Waals surface area (Å²) in [5, 5.41) is 12.7. The van der Waals surface area contributed by atoms with Crippen LogP contribution in [0.2, 0.25) is 0 Å². The summed E-state index contributed by atoms with van der Waals surface area (Å²) in [5.41, 5.74) is 2.05. The molecule has 0 saturated carbocycles. The molecule has 4 heterocycles. The second-order valence-electron chi connectivity index (χ2n) is 7.57. The van der Waals surface area contributed by atoms with Gasteiger partial charge in [-0.25, -0.2) is 0 Å². The maximum Gasteiger partial charge on any atom is 0.276 e. The first-order valence-corrected chi connectivity index (χ1v) is 10.8. The van der Waals surface area contributed by atoms with Gasteiger partial charge < -0.3 is 23.5 Å². The summed E-state index contributed by atoms with van der Waals surface area (Å²) < 4.78 is 16.0. The van der Waals surface area contributed by atoms with Gasteiger partial charge in [0, 0.05) is 37.8 Å². The van der Waals surface area contributed by atoms with E-state index in [0.717, 1.165) is 22.8 Å². The maximum absolute atomic E-state index is 12.8. The second kappa shape index (κ2) is 9.15. The molecule has 0 atom stereocenters. The van der Waals surface area contributed by atoms with E-state index in [2.05, 4.69) is 20.3 Å². The first-order valence-electron chi connectivity index (χ1n) is 10.8. The van der Waals surface area contributed by atoms with Crippen LogP contribution in [-0.2, 0) is 0 Å². The number of nitrogens with zero attached hydrogens (tertiary/aromatic N) is 5. The highest BCUT2D eigenvalue weighted by Crippen LogP contribution is 2.24. The number of carbonyl (C=O) groups excluding carboxylic acids is 1. The van der Waals surface area contributed by atoms with Gasteiger partial charge in [0.1, 0.15) is 5.75 Å². The van der Waals surface area contributed by atoms with Crippen LogP contribution in [0.5, 0.6) is 5.75 Å². The van der Waals surface area contributed by atoms with Gasteiger partial charge in [0.25, 0.3) is 5.91 Å². The molecule has 1 amide bonds. The standard InChI is InChI=1S/C24H23N5O4/c1-2-31-18-7-5-17(6-8-18)19-9-10-23(26-25-19)28-11-13-29(14-12-28)24(30)20-16-22(33-27-20)21-4-3-15-32-21/h3-10,15-16H,2,11-14H2,1H3. The molecular weight excluding hydrogens is 422 g/mol. The Kier molecular flexibility index (Phi) is 5.75. The smallest absolute Gasteiger partial charge is 0.276 e. The van der Waals surface area contributed by atoms with Gasteiger partial charge in [-0.1, -0.05) is 5.16 Å². The lowest BCUT2D eigenvalue weighted by Gasteiger charge is -2.34. The van der Waals surface area contributed by atoms with Gasteiger partial charge in [-0.15, -0.1) is 10.2 Å². The fourth-order valence-electron chi connectivity index (χ4n) is 3.75. The van der Waals surface area contributed by atoms with Gasteiger partial charge in [-0.2, -0.15) is 0 Å². The van der Waals surface area contributed by atoms with Crippen LogP contribution in [0.15, 0.2) is 69.8 Å². The third kappa shape index (κ3) is 4.43. The minimum absolute atomic E-state index is 0.159. The van der Waals surface area contributed by atoms with E-state index >= 15 is 0 Å². The van der Waals surface area contributed by atoms with E-state index in [1.54, 1.807) is 29.4 Å². The third-order valence-electron chi connectivity index (χ3n) is 5.50. The Labute approximate surface area is 190 Å². The monoisotopic (exact) mass is 445 g/mol. The summed E-state index contributed by atoms with van der Waals surface area (Å²) in [6.45, 7) is 5.03. The van der Waals surface area contributed by atoms with Gasteiger partial charge in [-0.05, 0) is 55.5 Å². The van der Waals surface area contributed by atoms with Crippen molar-refractivity contribution >= 4 is 11.7 Å². The minimum atomic E-state index is -0.159. The number of hydrogen-bond acceptors (Lipinski definition) is 8. The zero-order chi connectivity index (χ0) is 22.6. The Hall–Kier alpha value is -4.14. The molecule has 1 saturated heterocycles. The van der Waals surface area contributed by atoms with E-state index in [4.69, 9.17) is 13.7 Å². The van der Waals surface area contributed by atoms with Crippen molar-refractivity contribution in [3.05, 3.63) is 66.6 Å². The molecule has 4 aromatic rings. The molecule has 5 rings (SSSR count). The van der Waals surface area contributed by atoms with Crippen LogP contribution >= 0.6 is 0 Å². The van der Waals surface area contributed by atoms with Crippen LogP contribution in [0.1, 0.15) is 17.4 Å². The van der Waals surface area contributed by atoms with E-state index in [1.807, 2.05) is 43.3 Å². The van der Waals surface area contributed by atoms with Gasteiger partial charge in [-0.3, -0.25) is 4.79 Å². The van der Waals surface area contributed by atoms with Crippen molar-refractivity contribution in [3.8, 4) is 28.5 Å². The number of hydrogen-bond donors (Lipinski definition) is 0. The Morgan fingerprint density at radius 2 is 1.82 bits per heavy atom. The molecule has 1 fully saturated rings. The van der Waals surface area contributed by atoms with Crippen LogP contribution in [0.25, 0.3) is 22.8 Å². The quantitative estimate of drug-likeness (QED) is 0.443. The summed E-state index contributed by atoms with van der Waals surface area (Å²) in [7, 11) is 0. The molecule has 0 bridgehead atoms. The van der Waals surface area contributed by atoms with E-state index in [1.165, 1.54) is 0 Å². The maximum atomic E-state index is 12.8. The average Bonchev–Trinajstić information content (AvgIpc) is 3.57. The number of furan rings is 1. The summed E-state index contributed by atoms with van der Waals surface area (Å²) in [6.07, 6.45) is 1.55. The predicted octanol–water partition coefficient (Wildman–Crippen LogP) is 3.75. The topological polar surface area (TPSA) is 97.7 Å². The van der Waals surface area contributed by atoms with Crippen molar-refractivity contribution in [2.45, 2.75) is 6.92 Å². The Balaban J connectivity index is 1.19. The molecule has 33 heavy (non-hydrogen) atoms. The van der Waals surface area contributed by atoms with Crippen LogP contribution < -0.4 is 9.64 Å². The summed E-state index contributed by atoms with van der Waals surface area (Å²) >= 11 is 0. The Morgan fingerprint density at radius 3 is 2.48 bits per heavy atom. The fourth-order valence-corrected chi connectivity index (χ4v) is 3.75. The molecule has 0 radical (unpaired) electrons. The van der Waals surface area contributed by atoms with Crippen LogP contribution in [0.3, 0.4) is 0 Å². The second-order valence-corrected chi connectivity index (χ2v) is 7.57. The summed E-state index contributed by atoms with van der Waals surface area (Å²) in [5.74, 6) is 2.44. The van der Waals surface area contributed by atoms with Crippen molar-refractivity contribution in [2.24, 2.45) is 0 Å². The molecule has 0 unspecified atom stereocenters. The summed E-state index contributed by atoms with van der Waals surface area (Å²) in [4.78, 5) is 16.7. The molecule has 0 spiro atoms. The molecule has 9 nitrogen and oxygen atoms in total. The number of amides is 1. The molecule has 1 aliphatic rings. The predicted molar refractivity (Wildman–Crippen MR) is 121 cm³/mol. The largest absolute Gasteiger partial charge is 0.494 e. The highest BCUT2D eigenvalue weighted by Gasteiger charge is 2.26. The lowest BCUT2D eigenvalue weighted by molar-refractivity contribution is 0.0736. The van der Waals surface area contributed by atoms with Crippen LogP contribution in [0, 0.1) is 0 Å². The first kappa shape index (κ1) is 20.7. The number of ether oxygens (including phenoxy) is 1. The molecule has 168 valence electrons. The van der Waals surface area contributed by atoms with Crippen LogP contribution in [0.4, 0.5) is 5.82 Å². The molecule has 0 aliphatic carbocycles. The number of aromatic nitrogens is 3. The van der Waals surface area contributed by atoms with Gasteiger partial charge in [0.05, 0.1) is 18.6 Å². The first-order chi connectivity index (χ1) is 16.2. The van der Waals surface area contributed by atoms with E-state index in [0.29, 0.717) is 44.3 Å². The van der Waals surface area contributed by atoms with Crippen molar-refractivity contribution in [2.75, 3.05) is 37.7 Å². The molecule has 1 aromatic carbocycles. The van der Waals surface area contributed by atoms with E-state index < -0.39 is 0 Å². The molecular formula is C24H23N5O4. The third-order valence-corrected chi connectivity index (χ3v) is 5.50. The van der Waals surface area contributed by atoms with E-state index in [9.17, 15) is 4.79 Å². The van der Waals surface area contributed by atoms with Crippen molar-refractivity contribution in [1.82, 2.24) is 20.3 Å². The van der Waals surface area contributed by atoms with Crippen molar-refractivity contribution in [3.63, 3.8) is 0 Å². The molecule has 1 aliphatic heterocycles. The minimum Gasteiger partial charge on any atom is -0.494 e. The molecule has 9 heteroatoms. The van der Waals surface area contributed by atoms with Gasteiger partial charge in [0.15, 0.2) is 17.3 Å². The normalized spacial score (nSPS) is 13.8. The van der Waals surface area contributed by atoms with Crippen molar-refractivity contribution in [1.29, 1.82) is 0 Å². The Morgan fingerprint density at radius 1 is 1.00 bits per heavy atom. The lowest BCUT2D eigenvalue weighted by atomic mass is 10.1. The van der Waals surface area contributed by atoms with Crippen LogP contribution in [-0.4, -0.2) is 58.9 Å². The van der Waals surface area contributed by atoms with Gasteiger partial charge in [0.2, 0.25) is 5.76 Å². The molecule has 0 N–H and O–H groups in total.